The Balaban J connectivity index is 1.57. The number of hydrogen-bond acceptors (Lipinski definition) is 3. The van der Waals surface area contributed by atoms with E-state index >= 15 is 0 Å². The minimum atomic E-state index is -0.0421. The van der Waals surface area contributed by atoms with Crippen LogP contribution in [-0.2, 0) is 11.3 Å². The number of nitrogens with one attached hydrogen (secondary N) is 1. The molecule has 6 heteroatoms. The number of halogens is 2. The zero-order valence-corrected chi connectivity index (χ0v) is 17.8. The van der Waals surface area contributed by atoms with E-state index in [2.05, 4.69) is 10.2 Å². The maximum Gasteiger partial charge on any atom is 0.224 e. The van der Waals surface area contributed by atoms with Gasteiger partial charge in [-0.2, -0.15) is 0 Å². The summed E-state index contributed by atoms with van der Waals surface area (Å²) in [5, 5.41) is 4.47. The van der Waals surface area contributed by atoms with Crippen LogP contribution in [0.25, 0.3) is 0 Å². The minimum Gasteiger partial charge on any atom is -0.497 e. The van der Waals surface area contributed by atoms with Gasteiger partial charge < -0.3 is 10.1 Å². The number of ether oxygens (including phenoxy) is 1. The molecule has 1 aliphatic heterocycles. The van der Waals surface area contributed by atoms with E-state index in [0.717, 1.165) is 49.4 Å². The first-order chi connectivity index (χ1) is 13.5. The molecule has 0 unspecified atom stereocenters. The highest BCUT2D eigenvalue weighted by atomic mass is 35.5. The van der Waals surface area contributed by atoms with E-state index in [9.17, 15) is 4.79 Å². The smallest absolute Gasteiger partial charge is 0.224 e. The van der Waals surface area contributed by atoms with Crippen LogP contribution in [-0.4, -0.2) is 31.0 Å². The van der Waals surface area contributed by atoms with Crippen molar-refractivity contribution in [2.45, 2.75) is 32.4 Å². The fourth-order valence-corrected chi connectivity index (χ4v) is 4.08. The van der Waals surface area contributed by atoms with Crippen molar-refractivity contribution < 1.29 is 9.53 Å². The predicted octanol–water partition coefficient (Wildman–Crippen LogP) is 5.09. The lowest BCUT2D eigenvalue weighted by atomic mass is 9.96. The largest absolute Gasteiger partial charge is 0.497 e. The Bertz CT molecular complexity index is 811. The summed E-state index contributed by atoms with van der Waals surface area (Å²) in [6.07, 6.45) is 1.91. The molecule has 1 amide bonds. The molecule has 0 aromatic heterocycles. The van der Waals surface area contributed by atoms with Crippen molar-refractivity contribution in [1.29, 1.82) is 0 Å². The van der Waals surface area contributed by atoms with Gasteiger partial charge in [0.1, 0.15) is 5.75 Å². The highest BCUT2D eigenvalue weighted by molar-refractivity contribution is 6.35. The average Bonchev–Trinajstić information content (AvgIpc) is 2.70. The Hall–Kier alpha value is -1.75. The molecule has 2 atom stereocenters. The molecule has 2 aromatic rings. The molecule has 2 aromatic carbocycles. The molecule has 28 heavy (non-hydrogen) atoms. The van der Waals surface area contributed by atoms with Crippen LogP contribution in [0.2, 0.25) is 10.0 Å². The van der Waals surface area contributed by atoms with Gasteiger partial charge in [-0.25, -0.2) is 0 Å². The van der Waals surface area contributed by atoms with Crippen LogP contribution in [0.15, 0.2) is 42.5 Å². The summed E-state index contributed by atoms with van der Waals surface area (Å²) in [6.45, 7) is 4.44. The Kier molecular flexibility index (Phi) is 7.22. The molecule has 0 spiro atoms. The van der Waals surface area contributed by atoms with Gasteiger partial charge >= 0.3 is 0 Å². The molecule has 0 bridgehead atoms. The number of nitrogens with zero attached hydrogens (tertiary/aromatic N) is 1. The van der Waals surface area contributed by atoms with Gasteiger partial charge in [-0.3, -0.25) is 9.69 Å². The van der Waals surface area contributed by atoms with Crippen molar-refractivity contribution in [3.05, 3.63) is 63.6 Å². The number of carbonyl (C=O) groups excluding carboxylic acids is 1. The van der Waals surface area contributed by atoms with E-state index < -0.39 is 0 Å². The summed E-state index contributed by atoms with van der Waals surface area (Å²) < 4.78 is 5.19. The van der Waals surface area contributed by atoms with Crippen LogP contribution in [0.5, 0.6) is 5.75 Å². The number of hydrogen-bond donors (Lipinski definition) is 1. The standard InChI is InChI=1S/C22H26Cl2N2O2/c1-15(16-6-9-20(28-2)10-7-16)25-22(27)18-4-3-11-26(14-18)13-17-5-8-19(23)12-21(17)24/h5-10,12,15,18H,3-4,11,13-14H2,1-2H3,(H,25,27)/t15-,18+/m0/s1. The minimum absolute atomic E-state index is 0.0134. The predicted molar refractivity (Wildman–Crippen MR) is 114 cm³/mol. The van der Waals surface area contributed by atoms with Crippen molar-refractivity contribution in [3.8, 4) is 5.75 Å². The van der Waals surface area contributed by atoms with Crippen LogP contribution in [0, 0.1) is 5.92 Å². The summed E-state index contributed by atoms with van der Waals surface area (Å²) in [6, 6.07) is 13.3. The number of methoxy groups -OCH3 is 1. The van der Waals surface area contributed by atoms with E-state index in [1.807, 2.05) is 43.3 Å². The molecule has 0 radical (unpaired) electrons. The molecular formula is C22H26Cl2N2O2. The fourth-order valence-electron chi connectivity index (χ4n) is 3.61. The number of likely N-dealkylation sites (tertiary alicyclic amines) is 1. The second-order valence-electron chi connectivity index (χ2n) is 7.31. The van der Waals surface area contributed by atoms with E-state index in [1.54, 1.807) is 13.2 Å². The lowest BCUT2D eigenvalue weighted by Crippen LogP contribution is -2.43. The van der Waals surface area contributed by atoms with Crippen LogP contribution in [0.3, 0.4) is 0 Å². The lowest BCUT2D eigenvalue weighted by molar-refractivity contribution is -0.127. The summed E-state index contributed by atoms with van der Waals surface area (Å²) in [5.41, 5.74) is 2.11. The van der Waals surface area contributed by atoms with Gasteiger partial charge in [0.05, 0.1) is 19.1 Å². The first kappa shape index (κ1) is 21.0. The van der Waals surface area contributed by atoms with E-state index in [0.29, 0.717) is 10.0 Å². The van der Waals surface area contributed by atoms with E-state index in [1.165, 1.54) is 0 Å². The number of benzene rings is 2. The molecule has 1 fully saturated rings. The average molecular weight is 421 g/mol. The molecule has 1 aliphatic rings. The SMILES string of the molecule is COc1ccc([C@H](C)NC(=O)[C@@H]2CCCN(Cc3ccc(Cl)cc3Cl)C2)cc1. The first-order valence-corrected chi connectivity index (χ1v) is 10.3. The van der Waals surface area contributed by atoms with Gasteiger partial charge in [0, 0.05) is 23.1 Å². The number of piperidine rings is 1. The Labute approximate surface area is 176 Å². The van der Waals surface area contributed by atoms with Crippen LogP contribution < -0.4 is 10.1 Å². The van der Waals surface area contributed by atoms with Crippen molar-refractivity contribution in [3.63, 3.8) is 0 Å². The second kappa shape index (κ2) is 9.64. The molecular weight excluding hydrogens is 395 g/mol. The first-order valence-electron chi connectivity index (χ1n) is 9.57. The van der Waals surface area contributed by atoms with Gasteiger partial charge in [0.15, 0.2) is 0 Å². The number of carbonyl (C=O) groups is 1. The molecule has 3 rings (SSSR count). The maximum absolute atomic E-state index is 12.8. The topological polar surface area (TPSA) is 41.6 Å². The quantitative estimate of drug-likeness (QED) is 0.707. The Morgan fingerprint density at radius 3 is 2.68 bits per heavy atom. The third-order valence-corrected chi connectivity index (χ3v) is 5.85. The highest BCUT2D eigenvalue weighted by Crippen LogP contribution is 2.25. The van der Waals surface area contributed by atoms with Gasteiger partial charge in [-0.15, -0.1) is 0 Å². The van der Waals surface area contributed by atoms with Crippen molar-refractivity contribution in [2.75, 3.05) is 20.2 Å². The van der Waals surface area contributed by atoms with Gasteiger partial charge in [-0.05, 0) is 61.7 Å². The van der Waals surface area contributed by atoms with Crippen LogP contribution >= 0.6 is 23.2 Å². The van der Waals surface area contributed by atoms with Crippen LogP contribution in [0.1, 0.15) is 36.9 Å². The molecule has 150 valence electrons. The molecule has 0 aliphatic carbocycles. The van der Waals surface area contributed by atoms with E-state index in [-0.39, 0.29) is 17.9 Å². The molecule has 1 saturated heterocycles. The van der Waals surface area contributed by atoms with Crippen molar-refractivity contribution in [2.24, 2.45) is 5.92 Å². The van der Waals surface area contributed by atoms with Gasteiger partial charge in [-0.1, -0.05) is 41.4 Å². The Morgan fingerprint density at radius 2 is 2.00 bits per heavy atom. The van der Waals surface area contributed by atoms with Gasteiger partial charge in [0.25, 0.3) is 0 Å². The number of amides is 1. The third-order valence-electron chi connectivity index (χ3n) is 5.26. The van der Waals surface area contributed by atoms with E-state index in [4.69, 9.17) is 27.9 Å². The highest BCUT2D eigenvalue weighted by Gasteiger charge is 2.27. The molecule has 1 heterocycles. The monoisotopic (exact) mass is 420 g/mol. The molecule has 4 nitrogen and oxygen atoms in total. The summed E-state index contributed by atoms with van der Waals surface area (Å²) in [4.78, 5) is 15.1. The van der Waals surface area contributed by atoms with Crippen LogP contribution in [0.4, 0.5) is 0 Å². The second-order valence-corrected chi connectivity index (χ2v) is 8.16. The summed E-state index contributed by atoms with van der Waals surface area (Å²) >= 11 is 12.3. The Morgan fingerprint density at radius 1 is 1.25 bits per heavy atom. The van der Waals surface area contributed by atoms with Crippen molar-refractivity contribution in [1.82, 2.24) is 10.2 Å². The normalized spacial score (nSPS) is 18.5. The molecule has 0 saturated carbocycles. The zero-order chi connectivity index (χ0) is 20.1. The lowest BCUT2D eigenvalue weighted by Gasteiger charge is -2.32. The number of rotatable bonds is 6. The van der Waals surface area contributed by atoms with Gasteiger partial charge in [0.2, 0.25) is 5.91 Å². The fraction of sp³-hybridized carbons (Fsp3) is 0.409. The molecule has 1 N–H and O–H groups in total. The summed E-state index contributed by atoms with van der Waals surface area (Å²) in [7, 11) is 1.65. The third kappa shape index (κ3) is 5.40. The summed E-state index contributed by atoms with van der Waals surface area (Å²) in [5.74, 6) is 0.904. The maximum atomic E-state index is 12.8. The zero-order valence-electron chi connectivity index (χ0n) is 16.3. The van der Waals surface area contributed by atoms with Crippen molar-refractivity contribution >= 4 is 29.1 Å².